The molecule has 1 unspecified atom stereocenters. The summed E-state index contributed by atoms with van der Waals surface area (Å²) in [5, 5.41) is 1.05. The lowest BCUT2D eigenvalue weighted by Gasteiger charge is -2.14. The third-order valence-electron chi connectivity index (χ3n) is 5.32. The number of benzene rings is 2. The number of aromatic nitrogens is 1. The minimum Gasteiger partial charge on any atom is -0.469 e. The van der Waals surface area contributed by atoms with E-state index in [1.165, 1.54) is 19.2 Å². The Morgan fingerprint density at radius 1 is 1.03 bits per heavy atom. The second-order valence-corrected chi connectivity index (χ2v) is 8.14. The van der Waals surface area contributed by atoms with E-state index < -0.39 is 0 Å². The van der Waals surface area contributed by atoms with Crippen LogP contribution in [0.3, 0.4) is 0 Å². The van der Waals surface area contributed by atoms with E-state index >= 15 is 0 Å². The minimum atomic E-state index is -0.317. The van der Waals surface area contributed by atoms with Crippen molar-refractivity contribution in [3.8, 4) is 11.1 Å². The first-order chi connectivity index (χ1) is 14.8. The molecule has 5 heteroatoms. The molecular weight excluding hydrogens is 393 g/mol. The molecule has 1 heterocycles. The number of carbonyl (C=O) groups excluding carboxylic acids is 2. The van der Waals surface area contributed by atoms with Crippen LogP contribution in [0.5, 0.6) is 0 Å². The van der Waals surface area contributed by atoms with Gasteiger partial charge in [0.05, 0.1) is 12.8 Å². The van der Waals surface area contributed by atoms with Crippen LogP contribution >= 0.6 is 0 Å². The predicted octanol–water partition coefficient (Wildman–Crippen LogP) is 6.20. The highest BCUT2D eigenvalue weighted by molar-refractivity contribution is 6.03. The zero-order valence-corrected chi connectivity index (χ0v) is 18.4. The maximum absolute atomic E-state index is 13.5. The molecule has 0 radical (unpaired) electrons. The molecule has 3 aromatic rings. The summed E-state index contributed by atoms with van der Waals surface area (Å²) in [6.45, 7) is 6.05. The number of rotatable bonds is 8. The third-order valence-corrected chi connectivity index (χ3v) is 5.32. The number of fused-ring (bicyclic) bond motifs is 1. The number of allylic oxidation sites excluding steroid dienone is 1. The number of halogens is 1. The van der Waals surface area contributed by atoms with Crippen molar-refractivity contribution in [2.24, 2.45) is 5.92 Å². The van der Waals surface area contributed by atoms with Crippen molar-refractivity contribution in [1.82, 2.24) is 4.57 Å². The summed E-state index contributed by atoms with van der Waals surface area (Å²) in [6, 6.07) is 14.7. The van der Waals surface area contributed by atoms with Gasteiger partial charge in [-0.15, -0.1) is 0 Å². The van der Waals surface area contributed by atoms with E-state index in [-0.39, 0.29) is 42.4 Å². The maximum atomic E-state index is 13.5. The van der Waals surface area contributed by atoms with Gasteiger partial charge in [-0.1, -0.05) is 37.3 Å². The summed E-state index contributed by atoms with van der Waals surface area (Å²) >= 11 is 0. The second-order valence-electron chi connectivity index (χ2n) is 8.14. The van der Waals surface area contributed by atoms with Crippen LogP contribution in [0, 0.1) is 11.7 Å². The number of ketones is 1. The van der Waals surface area contributed by atoms with Gasteiger partial charge >= 0.3 is 5.97 Å². The molecule has 0 aliphatic rings. The van der Waals surface area contributed by atoms with Gasteiger partial charge in [0.1, 0.15) is 5.82 Å². The molecular formula is C26H28FNO3. The Kier molecular flexibility index (Phi) is 7.06. The highest BCUT2D eigenvalue weighted by Crippen LogP contribution is 2.37. The first-order valence-electron chi connectivity index (χ1n) is 10.5. The van der Waals surface area contributed by atoms with E-state index in [1.807, 2.05) is 31.2 Å². The summed E-state index contributed by atoms with van der Waals surface area (Å²) in [5.74, 6) is -0.759. The number of carbonyl (C=O) groups is 2. The molecule has 0 aliphatic carbocycles. The van der Waals surface area contributed by atoms with Gasteiger partial charge in [0.25, 0.3) is 0 Å². The Bertz CT molecular complexity index is 1110. The largest absolute Gasteiger partial charge is 0.469 e. The third kappa shape index (κ3) is 5.10. The van der Waals surface area contributed by atoms with Gasteiger partial charge in [-0.25, -0.2) is 4.39 Å². The first kappa shape index (κ1) is 22.5. The van der Waals surface area contributed by atoms with Crippen molar-refractivity contribution in [2.45, 2.75) is 39.7 Å². The maximum Gasteiger partial charge on any atom is 0.305 e. The van der Waals surface area contributed by atoms with Crippen LogP contribution in [0.25, 0.3) is 28.1 Å². The van der Waals surface area contributed by atoms with Gasteiger partial charge in [0, 0.05) is 35.3 Å². The van der Waals surface area contributed by atoms with Gasteiger partial charge in [-0.2, -0.15) is 0 Å². The highest BCUT2D eigenvalue weighted by atomic mass is 19.1. The Balaban J connectivity index is 2.04. The molecule has 0 bridgehead atoms. The molecule has 0 N–H and O–H groups in total. The number of hydrogen-bond acceptors (Lipinski definition) is 3. The smallest absolute Gasteiger partial charge is 0.305 e. The molecule has 1 aromatic heterocycles. The van der Waals surface area contributed by atoms with Crippen molar-refractivity contribution < 1.29 is 18.7 Å². The van der Waals surface area contributed by atoms with Crippen molar-refractivity contribution in [1.29, 1.82) is 0 Å². The molecule has 4 nitrogen and oxygen atoms in total. The van der Waals surface area contributed by atoms with Crippen molar-refractivity contribution >= 4 is 28.7 Å². The van der Waals surface area contributed by atoms with E-state index in [4.69, 9.17) is 0 Å². The summed E-state index contributed by atoms with van der Waals surface area (Å²) in [5.41, 5.74) is 3.82. The van der Waals surface area contributed by atoms with Gasteiger partial charge in [-0.05, 0) is 55.7 Å². The lowest BCUT2D eigenvalue weighted by molar-refractivity contribution is -0.141. The first-order valence-corrected chi connectivity index (χ1v) is 10.5. The molecule has 0 aliphatic heterocycles. The van der Waals surface area contributed by atoms with E-state index in [1.54, 1.807) is 18.2 Å². The number of para-hydroxylation sites is 1. The average Bonchev–Trinajstić information content (AvgIpc) is 3.07. The molecule has 0 fully saturated rings. The number of nitrogens with zero attached hydrogens (tertiary/aromatic N) is 1. The molecule has 31 heavy (non-hydrogen) atoms. The standard InChI is InChI=1S/C26H28FNO3/c1-17(2)28-23-8-6-5-7-22(23)26(19-9-11-20(27)12-10-19)24(28)14-13-21(29)15-18(3)16-25(30)31-4/h5-14,17-18H,15-16H2,1-4H3/b14-13+. The van der Waals surface area contributed by atoms with Crippen molar-refractivity contribution in [3.63, 3.8) is 0 Å². The lowest BCUT2D eigenvalue weighted by atomic mass is 9.99. The van der Waals surface area contributed by atoms with Crippen LogP contribution in [0.2, 0.25) is 0 Å². The molecule has 0 spiro atoms. The monoisotopic (exact) mass is 421 g/mol. The molecule has 3 rings (SSSR count). The fourth-order valence-corrected chi connectivity index (χ4v) is 3.95. The zero-order valence-electron chi connectivity index (χ0n) is 18.4. The molecule has 0 saturated heterocycles. The number of methoxy groups -OCH3 is 1. The normalized spacial score (nSPS) is 12.6. The quantitative estimate of drug-likeness (QED) is 0.321. The Hall–Kier alpha value is -3.21. The average molecular weight is 422 g/mol. The van der Waals surface area contributed by atoms with Gasteiger partial charge < -0.3 is 9.30 Å². The van der Waals surface area contributed by atoms with E-state index in [0.29, 0.717) is 0 Å². The van der Waals surface area contributed by atoms with Crippen LogP contribution in [-0.2, 0) is 14.3 Å². The van der Waals surface area contributed by atoms with E-state index in [2.05, 4.69) is 29.2 Å². The number of hydrogen-bond donors (Lipinski definition) is 0. The SMILES string of the molecule is COC(=O)CC(C)CC(=O)/C=C/c1c(-c2ccc(F)cc2)c2ccccc2n1C(C)C. The Labute approximate surface area is 182 Å². The van der Waals surface area contributed by atoms with E-state index in [9.17, 15) is 14.0 Å². The summed E-state index contributed by atoms with van der Waals surface area (Å²) < 4.78 is 20.4. The van der Waals surface area contributed by atoms with Crippen molar-refractivity contribution in [3.05, 3.63) is 66.1 Å². The van der Waals surface area contributed by atoms with Crippen LogP contribution in [0.4, 0.5) is 4.39 Å². The van der Waals surface area contributed by atoms with Crippen LogP contribution in [-0.4, -0.2) is 23.4 Å². The lowest BCUT2D eigenvalue weighted by Crippen LogP contribution is -2.10. The fourth-order valence-electron chi connectivity index (χ4n) is 3.95. The summed E-state index contributed by atoms with van der Waals surface area (Å²) in [6.07, 6.45) is 3.89. The predicted molar refractivity (Wildman–Crippen MR) is 122 cm³/mol. The molecule has 0 saturated carbocycles. The minimum absolute atomic E-state index is 0.0537. The highest BCUT2D eigenvalue weighted by Gasteiger charge is 2.19. The van der Waals surface area contributed by atoms with Crippen LogP contribution in [0.15, 0.2) is 54.6 Å². The summed E-state index contributed by atoms with van der Waals surface area (Å²) in [7, 11) is 1.35. The Morgan fingerprint density at radius 3 is 2.35 bits per heavy atom. The second kappa shape index (κ2) is 9.73. The van der Waals surface area contributed by atoms with Crippen LogP contribution < -0.4 is 0 Å². The number of ether oxygens (including phenoxy) is 1. The molecule has 0 amide bonds. The van der Waals surface area contributed by atoms with Gasteiger partial charge in [-0.3, -0.25) is 9.59 Å². The zero-order chi connectivity index (χ0) is 22.5. The van der Waals surface area contributed by atoms with E-state index in [0.717, 1.165) is 27.7 Å². The fraction of sp³-hybridized carbons (Fsp3) is 0.308. The Morgan fingerprint density at radius 2 is 1.71 bits per heavy atom. The molecule has 1 atom stereocenters. The topological polar surface area (TPSA) is 48.3 Å². The summed E-state index contributed by atoms with van der Waals surface area (Å²) in [4.78, 5) is 24.0. The van der Waals surface area contributed by atoms with Gasteiger partial charge in [0.15, 0.2) is 5.78 Å². The molecule has 2 aromatic carbocycles. The van der Waals surface area contributed by atoms with Crippen LogP contribution in [0.1, 0.15) is 45.3 Å². The van der Waals surface area contributed by atoms with Crippen molar-refractivity contribution in [2.75, 3.05) is 7.11 Å². The van der Waals surface area contributed by atoms with Gasteiger partial charge in [0.2, 0.25) is 0 Å². The number of esters is 1. The molecule has 162 valence electrons.